The number of aliphatic hydroxyl groups is 3. The van der Waals surface area contributed by atoms with Gasteiger partial charge in [0.2, 0.25) is 11.7 Å². The van der Waals surface area contributed by atoms with Crippen LogP contribution in [0.4, 0.5) is 0 Å². The van der Waals surface area contributed by atoms with Gasteiger partial charge < -0.3 is 79.2 Å². The molecule has 0 spiro atoms. The van der Waals surface area contributed by atoms with Crippen molar-refractivity contribution in [1.29, 1.82) is 0 Å². The molecular weight excluding hydrogens is 1350 g/mol. The molecule has 0 aromatic heterocycles. The van der Waals surface area contributed by atoms with Gasteiger partial charge in [0.1, 0.15) is 22.8 Å². The topological polar surface area (TPSA) is 315 Å². The third-order valence-electron chi connectivity index (χ3n) is 12.2. The van der Waals surface area contributed by atoms with Crippen molar-refractivity contribution in [2.75, 3.05) is 99.5 Å². The maximum absolute atomic E-state index is 14.0. The number of hydrazone groups is 1. The molecule has 1 unspecified atom stereocenters. The van der Waals surface area contributed by atoms with Gasteiger partial charge in [-0.1, -0.05) is 12.1 Å². The molecule has 3 aromatic rings. The summed E-state index contributed by atoms with van der Waals surface area (Å²) in [7, 11) is 1.32. The van der Waals surface area contributed by atoms with Gasteiger partial charge in [0.05, 0.1) is 146 Å². The fourth-order valence-electron chi connectivity index (χ4n) is 8.50. The minimum absolute atomic E-state index is 0. The smallest absolute Gasteiger partial charge is 0.252 e. The van der Waals surface area contributed by atoms with Gasteiger partial charge in [0.15, 0.2) is 12.1 Å². The van der Waals surface area contributed by atoms with E-state index < -0.39 is 95.8 Å². The molecule has 414 valence electrons. The number of halogens is 4. The number of carbonyl (C=O) groups is 4. The monoisotopic (exact) mass is 1410 g/mol. The maximum atomic E-state index is 14.0. The second-order valence-electron chi connectivity index (χ2n) is 17.3. The summed E-state index contributed by atoms with van der Waals surface area (Å²) in [4.78, 5) is 53.3. The summed E-state index contributed by atoms with van der Waals surface area (Å²) in [6.45, 7) is 4.80. The Balaban J connectivity index is 0.0000104. The van der Waals surface area contributed by atoms with Gasteiger partial charge in [-0.05, 0) is 92.9 Å². The Morgan fingerprint density at radius 1 is 0.853 bits per heavy atom. The standard InChI is InChI=1S/C49H61I3N4O18.ClH/c1-26-43(59)32(53)22-37(73-26)74-34-24-49(65,23-30-39(34)47(63)41-40(45(30)61)44(60)28-4-3-5-33(66-2)38(28)46(41)62)35(25-57)55-56-36(58)6-8-67-10-12-69-14-16-71-18-19-72-17-15-70-13-11-68-9-7-54-48(64)29-20-27(50)21-31(51)42(29)52;/h3-5,20-21,26,32,34,37,43,57,59,61,63,65H,6-19,22-25,53H2,1-2H3,(H,54,64)(H,56,58);1H/b55-35+;/t26?,32-,34-,37+,43-,49-;/m1./s1. The highest BCUT2D eigenvalue weighted by Crippen LogP contribution is 2.52. The molecule has 1 aliphatic heterocycles. The number of aliphatic hydroxyl groups excluding tert-OH is 2. The first-order chi connectivity index (χ1) is 35.5. The highest BCUT2D eigenvalue weighted by Gasteiger charge is 2.49. The zero-order valence-corrected chi connectivity index (χ0v) is 48.4. The zero-order chi connectivity index (χ0) is 53.5. The molecule has 75 heavy (non-hydrogen) atoms. The summed E-state index contributed by atoms with van der Waals surface area (Å²) in [5.41, 5.74) is 5.11. The quantitative estimate of drug-likeness (QED) is 0.0101. The average Bonchev–Trinajstić information content (AvgIpc) is 3.37. The van der Waals surface area contributed by atoms with Gasteiger partial charge in [-0.25, -0.2) is 5.43 Å². The number of phenolic OH excluding ortho intramolecular Hbond substituents is 2. The molecule has 0 bridgehead atoms. The first-order valence-corrected chi connectivity index (χ1v) is 26.9. The highest BCUT2D eigenvalue weighted by atomic mass is 127. The molecule has 1 saturated heterocycles. The van der Waals surface area contributed by atoms with Crippen molar-refractivity contribution in [3.63, 3.8) is 0 Å². The second kappa shape index (κ2) is 30.4. The molecule has 9 N–H and O–H groups in total. The van der Waals surface area contributed by atoms with E-state index in [0.29, 0.717) is 71.6 Å². The largest absolute Gasteiger partial charge is 0.507 e. The van der Waals surface area contributed by atoms with E-state index >= 15 is 0 Å². The molecule has 22 nitrogen and oxygen atoms in total. The van der Waals surface area contributed by atoms with Crippen LogP contribution in [0.1, 0.15) is 85.6 Å². The third-order valence-corrected chi connectivity index (χ3v) is 15.9. The Labute approximate surface area is 480 Å². The van der Waals surface area contributed by atoms with Gasteiger partial charge in [-0.15, -0.1) is 12.4 Å². The Kier molecular flexibility index (Phi) is 25.5. The normalized spacial score (nSPS) is 21.2. The summed E-state index contributed by atoms with van der Waals surface area (Å²) < 4.78 is 53.5. The predicted octanol–water partition coefficient (Wildman–Crippen LogP) is 3.06. The maximum Gasteiger partial charge on any atom is 0.252 e. The van der Waals surface area contributed by atoms with Gasteiger partial charge in [-0.3, -0.25) is 19.2 Å². The number of amides is 2. The van der Waals surface area contributed by atoms with Crippen molar-refractivity contribution < 1.29 is 87.3 Å². The fraction of sp³-hybridized carbons (Fsp3) is 0.531. The number of nitrogens with one attached hydrogen (secondary N) is 2. The lowest BCUT2D eigenvalue weighted by Gasteiger charge is -2.43. The molecule has 3 aromatic carbocycles. The van der Waals surface area contributed by atoms with Crippen LogP contribution in [0.15, 0.2) is 35.4 Å². The molecule has 6 rings (SSSR count). The van der Waals surface area contributed by atoms with E-state index in [9.17, 15) is 44.7 Å². The number of hydrogen-bond acceptors (Lipinski definition) is 20. The molecule has 1 fully saturated rings. The van der Waals surface area contributed by atoms with E-state index in [-0.39, 0.29) is 84.7 Å². The Bertz CT molecular complexity index is 2500. The number of nitrogens with two attached hydrogens (primary N) is 1. The van der Waals surface area contributed by atoms with Crippen molar-refractivity contribution in [3.8, 4) is 17.2 Å². The number of aromatic hydroxyl groups is 2. The van der Waals surface area contributed by atoms with Crippen LogP contribution in [0.2, 0.25) is 0 Å². The van der Waals surface area contributed by atoms with Crippen LogP contribution in [0.3, 0.4) is 0 Å². The lowest BCUT2D eigenvalue weighted by Crippen LogP contribution is -2.53. The van der Waals surface area contributed by atoms with Crippen molar-refractivity contribution in [1.82, 2.24) is 10.7 Å². The summed E-state index contributed by atoms with van der Waals surface area (Å²) in [5.74, 6) is -3.66. The minimum Gasteiger partial charge on any atom is -0.507 e. The molecule has 6 atom stereocenters. The number of phenols is 2. The van der Waals surface area contributed by atoms with Crippen molar-refractivity contribution in [2.24, 2.45) is 10.8 Å². The Morgan fingerprint density at radius 2 is 1.44 bits per heavy atom. The number of ketones is 2. The Hall–Kier alpha value is -2.99. The van der Waals surface area contributed by atoms with Gasteiger partial charge in [0, 0.05) is 59.2 Å². The van der Waals surface area contributed by atoms with Crippen LogP contribution in [-0.4, -0.2) is 184 Å². The molecule has 0 saturated carbocycles. The van der Waals surface area contributed by atoms with Crippen LogP contribution in [0.25, 0.3) is 0 Å². The molecule has 0 radical (unpaired) electrons. The molecule has 1 heterocycles. The van der Waals surface area contributed by atoms with Crippen LogP contribution in [0, 0.1) is 10.7 Å². The number of carbonyl (C=O) groups excluding carboxylic acids is 4. The summed E-state index contributed by atoms with van der Waals surface area (Å²) in [5, 5.41) is 63.8. The van der Waals surface area contributed by atoms with Crippen molar-refractivity contribution in [2.45, 2.75) is 68.9 Å². The first-order valence-electron chi connectivity index (χ1n) is 23.7. The number of nitrogens with zero attached hydrogens (tertiary/aromatic N) is 1. The lowest BCUT2D eigenvalue weighted by atomic mass is 9.71. The summed E-state index contributed by atoms with van der Waals surface area (Å²) in [6.07, 6.45) is -5.49. The first kappa shape index (κ1) is 62.8. The van der Waals surface area contributed by atoms with E-state index in [1.165, 1.54) is 25.3 Å². The summed E-state index contributed by atoms with van der Waals surface area (Å²) >= 11 is 6.58. The number of fused-ring (bicyclic) bond motifs is 3. The number of hydrogen-bond donors (Lipinski definition) is 8. The Morgan fingerprint density at radius 3 is 2.03 bits per heavy atom. The SMILES string of the molecule is COc1cccc2c1C(=O)c1c(O)c3c(c(O)c1C2=O)C[C@](O)(/C(CO)=N/NC(=O)CCOCCOCCOCCOCCOCCOCCNC(=O)c1cc(I)cc(I)c1I)C[C@H]3O[C@H]1C[C@@H](N)[C@H](O)C(C)O1.Cl. The number of methoxy groups -OCH3 is 1. The van der Waals surface area contributed by atoms with Crippen molar-refractivity contribution >= 4 is 109 Å². The van der Waals surface area contributed by atoms with E-state index in [2.05, 4.69) is 83.6 Å². The lowest BCUT2D eigenvalue weighted by molar-refractivity contribution is -0.245. The summed E-state index contributed by atoms with van der Waals surface area (Å²) in [6, 6.07) is 7.46. The number of benzene rings is 3. The van der Waals surface area contributed by atoms with Crippen molar-refractivity contribution in [3.05, 3.63) is 80.0 Å². The van der Waals surface area contributed by atoms with Gasteiger partial charge in [0.25, 0.3) is 5.91 Å². The predicted molar refractivity (Wildman–Crippen MR) is 296 cm³/mol. The minimum atomic E-state index is -2.18. The van der Waals surface area contributed by atoms with Crippen LogP contribution < -0.4 is 21.2 Å². The van der Waals surface area contributed by atoms with Crippen LogP contribution in [0.5, 0.6) is 17.2 Å². The van der Waals surface area contributed by atoms with Gasteiger partial charge in [-0.2, -0.15) is 5.10 Å². The molecule has 2 amide bonds. The van der Waals surface area contributed by atoms with E-state index in [1.807, 2.05) is 12.1 Å². The average molecular weight is 1410 g/mol. The highest BCUT2D eigenvalue weighted by molar-refractivity contribution is 14.1. The van der Waals surface area contributed by atoms with E-state index in [1.54, 1.807) is 6.92 Å². The molecular formula is C49H62ClI3N4O18. The zero-order valence-electron chi connectivity index (χ0n) is 41.1. The van der Waals surface area contributed by atoms with Crippen LogP contribution >= 0.6 is 80.2 Å². The van der Waals surface area contributed by atoms with E-state index in [4.69, 9.17) is 48.4 Å². The molecule has 2 aliphatic carbocycles. The second-order valence-corrected chi connectivity index (χ2v) is 20.7. The van der Waals surface area contributed by atoms with Gasteiger partial charge >= 0.3 is 0 Å². The number of rotatable bonds is 28. The number of ether oxygens (including phenoxy) is 9. The van der Waals surface area contributed by atoms with Crippen LogP contribution in [-0.2, 0) is 49.1 Å². The fourth-order valence-corrected chi connectivity index (χ4v) is 10.9. The third kappa shape index (κ3) is 16.3. The van der Waals surface area contributed by atoms with E-state index in [0.717, 1.165) is 10.7 Å². The molecule has 26 heteroatoms. The molecule has 3 aliphatic rings.